The second kappa shape index (κ2) is 6.73. The first kappa shape index (κ1) is 16.6. The Morgan fingerprint density at radius 1 is 1.00 bits per heavy atom. The van der Waals surface area contributed by atoms with Crippen molar-refractivity contribution in [2.45, 2.75) is 10.9 Å². The monoisotopic (exact) mass is 394 g/mol. The zero-order chi connectivity index (χ0) is 16.4. The molecular weight excluding hydrogens is 376 g/mol. The molecular formula is C17H19BrN2O2S. The van der Waals surface area contributed by atoms with Gasteiger partial charge in [-0.1, -0.05) is 42.5 Å². The molecule has 0 N–H and O–H groups in total. The third kappa shape index (κ3) is 3.35. The van der Waals surface area contributed by atoms with Crippen LogP contribution in [0.1, 0.15) is 11.6 Å². The first-order valence-corrected chi connectivity index (χ1v) is 9.73. The number of benzene rings is 2. The summed E-state index contributed by atoms with van der Waals surface area (Å²) in [5.41, 5.74) is 1.02. The lowest BCUT2D eigenvalue weighted by atomic mass is 10.1. The van der Waals surface area contributed by atoms with Gasteiger partial charge in [-0.25, -0.2) is 8.42 Å². The molecule has 1 aliphatic heterocycles. The summed E-state index contributed by atoms with van der Waals surface area (Å²) in [6.45, 7) is 1.90. The summed E-state index contributed by atoms with van der Waals surface area (Å²) in [6.07, 6.45) is 0. The molecule has 1 saturated heterocycles. The van der Waals surface area contributed by atoms with Crippen LogP contribution in [0, 0.1) is 0 Å². The summed E-state index contributed by atoms with van der Waals surface area (Å²) in [5.74, 6) is 0. The number of likely N-dealkylation sites (N-methyl/N-ethyl adjacent to an activating group) is 1. The van der Waals surface area contributed by atoms with Crippen LogP contribution in [0.25, 0.3) is 0 Å². The second-order valence-electron chi connectivity index (χ2n) is 5.73. The molecule has 2 aromatic carbocycles. The molecule has 0 saturated carbocycles. The number of sulfonamides is 1. The Bertz CT molecular complexity index is 780. The van der Waals surface area contributed by atoms with E-state index in [1.54, 1.807) is 22.5 Å². The summed E-state index contributed by atoms with van der Waals surface area (Å²) in [7, 11) is -1.53. The van der Waals surface area contributed by atoms with Crippen LogP contribution in [-0.2, 0) is 10.0 Å². The van der Waals surface area contributed by atoms with Crippen LogP contribution < -0.4 is 0 Å². The van der Waals surface area contributed by atoms with E-state index in [0.29, 0.717) is 22.5 Å². The van der Waals surface area contributed by atoms with Crippen molar-refractivity contribution < 1.29 is 8.42 Å². The smallest absolute Gasteiger partial charge is 0.244 e. The summed E-state index contributed by atoms with van der Waals surface area (Å²) in [6, 6.07) is 16.7. The van der Waals surface area contributed by atoms with Crippen molar-refractivity contribution in [1.29, 1.82) is 0 Å². The molecule has 6 heteroatoms. The molecule has 23 heavy (non-hydrogen) atoms. The molecule has 3 rings (SSSR count). The largest absolute Gasteiger partial charge is 0.303 e. The lowest BCUT2D eigenvalue weighted by Crippen LogP contribution is -2.49. The van der Waals surface area contributed by atoms with Crippen molar-refractivity contribution in [3.8, 4) is 0 Å². The van der Waals surface area contributed by atoms with Crippen molar-refractivity contribution in [1.82, 2.24) is 9.21 Å². The van der Waals surface area contributed by atoms with Gasteiger partial charge in [-0.2, -0.15) is 4.31 Å². The fourth-order valence-electron chi connectivity index (χ4n) is 2.92. The number of nitrogens with zero attached hydrogens (tertiary/aromatic N) is 2. The van der Waals surface area contributed by atoms with Crippen LogP contribution in [0.4, 0.5) is 0 Å². The minimum absolute atomic E-state index is 0.174. The maximum absolute atomic E-state index is 13.2. The topological polar surface area (TPSA) is 40.6 Å². The van der Waals surface area contributed by atoms with E-state index < -0.39 is 10.0 Å². The molecule has 2 aromatic rings. The molecule has 0 amide bonds. The molecule has 1 aliphatic rings. The summed E-state index contributed by atoms with van der Waals surface area (Å²) >= 11 is 3.37. The zero-order valence-corrected chi connectivity index (χ0v) is 15.3. The SMILES string of the molecule is CN1CCN(S(=O)(=O)c2ccccc2Br)[C@H](c2ccccc2)C1. The Hall–Kier alpha value is -1.21. The third-order valence-corrected chi connectivity index (χ3v) is 7.06. The fraction of sp³-hybridized carbons (Fsp3) is 0.294. The standard InChI is InChI=1S/C17H19BrN2O2S/c1-19-11-12-20(16(13-19)14-7-3-2-4-8-14)23(21,22)17-10-6-5-9-15(17)18/h2-10,16H,11-13H2,1H3/t16-/m0/s1. The van der Waals surface area contributed by atoms with Crippen LogP contribution in [0.15, 0.2) is 64.0 Å². The van der Waals surface area contributed by atoms with Gasteiger partial charge in [0, 0.05) is 24.1 Å². The van der Waals surface area contributed by atoms with E-state index in [2.05, 4.69) is 20.8 Å². The molecule has 0 unspecified atom stereocenters. The van der Waals surface area contributed by atoms with E-state index in [9.17, 15) is 8.42 Å². The van der Waals surface area contributed by atoms with Gasteiger partial charge in [0.15, 0.2) is 0 Å². The molecule has 4 nitrogen and oxygen atoms in total. The average molecular weight is 395 g/mol. The van der Waals surface area contributed by atoms with Crippen LogP contribution >= 0.6 is 15.9 Å². The Labute approximate surface area is 145 Å². The van der Waals surface area contributed by atoms with E-state index in [1.807, 2.05) is 43.4 Å². The molecule has 0 spiro atoms. The molecule has 0 bridgehead atoms. The van der Waals surface area contributed by atoms with Gasteiger partial charge in [0.2, 0.25) is 10.0 Å². The van der Waals surface area contributed by atoms with E-state index in [0.717, 1.165) is 12.1 Å². The highest BCUT2D eigenvalue weighted by Gasteiger charge is 2.36. The van der Waals surface area contributed by atoms with Crippen LogP contribution in [-0.4, -0.2) is 44.3 Å². The lowest BCUT2D eigenvalue weighted by molar-refractivity contribution is 0.160. The van der Waals surface area contributed by atoms with E-state index in [1.165, 1.54) is 0 Å². The predicted molar refractivity (Wildman–Crippen MR) is 94.7 cm³/mol. The van der Waals surface area contributed by atoms with Gasteiger partial charge in [0.05, 0.1) is 10.9 Å². The molecule has 122 valence electrons. The van der Waals surface area contributed by atoms with Gasteiger partial charge in [-0.05, 0) is 40.7 Å². The number of hydrogen-bond donors (Lipinski definition) is 0. The minimum Gasteiger partial charge on any atom is -0.303 e. The van der Waals surface area contributed by atoms with Crippen LogP contribution in [0.3, 0.4) is 0 Å². The highest BCUT2D eigenvalue weighted by molar-refractivity contribution is 9.10. The van der Waals surface area contributed by atoms with E-state index in [-0.39, 0.29) is 6.04 Å². The maximum atomic E-state index is 13.2. The predicted octanol–water partition coefficient (Wildman–Crippen LogP) is 3.13. The minimum atomic E-state index is -3.55. The lowest BCUT2D eigenvalue weighted by Gasteiger charge is -2.39. The summed E-state index contributed by atoms with van der Waals surface area (Å²) in [4.78, 5) is 2.49. The summed E-state index contributed by atoms with van der Waals surface area (Å²) in [5, 5.41) is 0. The van der Waals surface area contributed by atoms with Crippen molar-refractivity contribution >= 4 is 26.0 Å². The first-order chi connectivity index (χ1) is 11.0. The van der Waals surface area contributed by atoms with Crippen molar-refractivity contribution in [3.63, 3.8) is 0 Å². The molecule has 1 fully saturated rings. The van der Waals surface area contributed by atoms with Gasteiger partial charge < -0.3 is 4.90 Å². The zero-order valence-electron chi connectivity index (χ0n) is 12.9. The Morgan fingerprint density at radius 2 is 1.65 bits per heavy atom. The quantitative estimate of drug-likeness (QED) is 0.802. The number of piperazine rings is 1. The summed E-state index contributed by atoms with van der Waals surface area (Å²) < 4.78 is 28.6. The molecule has 1 atom stereocenters. The van der Waals surface area contributed by atoms with E-state index >= 15 is 0 Å². The highest BCUT2D eigenvalue weighted by atomic mass is 79.9. The second-order valence-corrected chi connectivity index (χ2v) is 8.45. The number of hydrogen-bond acceptors (Lipinski definition) is 3. The van der Waals surface area contributed by atoms with Gasteiger partial charge in [0.1, 0.15) is 0 Å². The number of halogens is 1. The van der Waals surface area contributed by atoms with Crippen molar-refractivity contribution in [2.75, 3.05) is 26.7 Å². The van der Waals surface area contributed by atoms with Crippen molar-refractivity contribution in [2.24, 2.45) is 0 Å². The molecule has 0 radical (unpaired) electrons. The normalized spacial score (nSPS) is 20.5. The van der Waals surface area contributed by atoms with Gasteiger partial charge in [-0.15, -0.1) is 0 Å². The van der Waals surface area contributed by atoms with Crippen LogP contribution in [0.5, 0.6) is 0 Å². The molecule has 1 heterocycles. The highest BCUT2D eigenvalue weighted by Crippen LogP contribution is 2.33. The van der Waals surface area contributed by atoms with Crippen LogP contribution in [0.2, 0.25) is 0 Å². The molecule has 0 aliphatic carbocycles. The first-order valence-electron chi connectivity index (χ1n) is 7.50. The fourth-order valence-corrected chi connectivity index (χ4v) is 5.48. The third-order valence-electron chi connectivity index (χ3n) is 4.14. The van der Waals surface area contributed by atoms with Gasteiger partial charge >= 0.3 is 0 Å². The average Bonchev–Trinajstić information content (AvgIpc) is 2.55. The van der Waals surface area contributed by atoms with Gasteiger partial charge in [0.25, 0.3) is 0 Å². The van der Waals surface area contributed by atoms with Gasteiger partial charge in [-0.3, -0.25) is 0 Å². The van der Waals surface area contributed by atoms with E-state index in [4.69, 9.17) is 0 Å². The Morgan fingerprint density at radius 3 is 2.35 bits per heavy atom. The Balaban J connectivity index is 2.03. The maximum Gasteiger partial charge on any atom is 0.244 e. The number of rotatable bonds is 3. The Kier molecular flexibility index (Phi) is 4.87. The van der Waals surface area contributed by atoms with Crippen molar-refractivity contribution in [3.05, 3.63) is 64.6 Å². The molecule has 0 aromatic heterocycles.